The molecule has 0 amide bonds. The Kier molecular flexibility index (Phi) is 5.74. The van der Waals surface area contributed by atoms with Crippen LogP contribution in [0.15, 0.2) is 36.9 Å². The number of aliphatic hydroxyl groups excluding tert-OH is 2. The second-order valence-electron chi connectivity index (χ2n) is 8.20. The minimum absolute atomic E-state index is 0.138. The Morgan fingerprint density at radius 2 is 1.94 bits per heavy atom. The van der Waals surface area contributed by atoms with Crippen LogP contribution in [0, 0.1) is 17.7 Å². The molecule has 0 spiro atoms. The summed E-state index contributed by atoms with van der Waals surface area (Å²) in [6.45, 7) is 0. The van der Waals surface area contributed by atoms with Crippen LogP contribution in [0.25, 0.3) is 11.2 Å². The van der Waals surface area contributed by atoms with E-state index in [1.54, 1.807) is 22.8 Å². The van der Waals surface area contributed by atoms with E-state index in [9.17, 15) is 14.6 Å². The molecule has 2 fully saturated rings. The molecular weight excluding hydrogens is 413 g/mol. The molecule has 3 N–H and O–H groups in total. The highest BCUT2D eigenvalue weighted by molar-refractivity contribution is 5.82. The molecule has 1 aliphatic carbocycles. The number of hydrogen-bond donors (Lipinski definition) is 3. The standard InChI is InChI=1S/C23H24FN5O3/c24-16-10-4-1-6-14(16)7-5-11-17-19(30)20(31)23(32-17)29-13-27-18-21(25-12-26-22(18)29)28-15-8-2-3-9-15/h1,4,6,10,12-13,15,17,19-20,23,30-31H,2-3,8-9,11H2,(H,25,26,28). The number of imidazole rings is 1. The zero-order valence-electron chi connectivity index (χ0n) is 17.4. The van der Waals surface area contributed by atoms with Crippen LogP contribution in [0.1, 0.15) is 43.9 Å². The van der Waals surface area contributed by atoms with E-state index < -0.39 is 30.4 Å². The van der Waals surface area contributed by atoms with Crippen molar-refractivity contribution in [3.63, 3.8) is 0 Å². The van der Waals surface area contributed by atoms with E-state index in [-0.39, 0.29) is 12.0 Å². The van der Waals surface area contributed by atoms with E-state index in [1.165, 1.54) is 31.6 Å². The van der Waals surface area contributed by atoms with Crippen LogP contribution >= 0.6 is 0 Å². The molecule has 5 rings (SSSR count). The van der Waals surface area contributed by atoms with Crippen molar-refractivity contribution in [2.75, 3.05) is 5.32 Å². The molecule has 32 heavy (non-hydrogen) atoms. The summed E-state index contributed by atoms with van der Waals surface area (Å²) in [5.41, 5.74) is 1.37. The van der Waals surface area contributed by atoms with Crippen LogP contribution in [0.5, 0.6) is 0 Å². The van der Waals surface area contributed by atoms with E-state index in [4.69, 9.17) is 4.74 Å². The first-order valence-electron chi connectivity index (χ1n) is 10.8. The molecular formula is C23H24FN5O3. The number of anilines is 1. The van der Waals surface area contributed by atoms with E-state index >= 15 is 0 Å². The van der Waals surface area contributed by atoms with Gasteiger partial charge in [0.25, 0.3) is 0 Å². The molecule has 8 nitrogen and oxygen atoms in total. The Balaban J connectivity index is 1.34. The Hall–Kier alpha value is -3.06. The quantitative estimate of drug-likeness (QED) is 0.538. The second-order valence-corrected chi connectivity index (χ2v) is 8.20. The van der Waals surface area contributed by atoms with Crippen molar-refractivity contribution in [1.82, 2.24) is 19.5 Å². The van der Waals surface area contributed by atoms with Gasteiger partial charge in [-0.2, -0.15) is 0 Å². The predicted octanol–water partition coefficient (Wildman–Crippen LogP) is 2.38. The number of aromatic nitrogens is 4. The largest absolute Gasteiger partial charge is 0.387 e. The number of hydrogen-bond acceptors (Lipinski definition) is 7. The third kappa shape index (κ3) is 3.93. The highest BCUT2D eigenvalue weighted by Crippen LogP contribution is 2.33. The smallest absolute Gasteiger partial charge is 0.167 e. The minimum atomic E-state index is -1.19. The Labute approximate surface area is 184 Å². The van der Waals surface area contributed by atoms with Gasteiger partial charge in [-0.15, -0.1) is 0 Å². The summed E-state index contributed by atoms with van der Waals surface area (Å²) in [7, 11) is 0. The molecule has 0 radical (unpaired) electrons. The van der Waals surface area contributed by atoms with Crippen LogP contribution in [-0.2, 0) is 4.74 Å². The van der Waals surface area contributed by atoms with Gasteiger partial charge in [0.15, 0.2) is 23.2 Å². The fourth-order valence-corrected chi connectivity index (χ4v) is 4.34. The fourth-order valence-electron chi connectivity index (χ4n) is 4.34. The number of nitrogens with one attached hydrogen (secondary N) is 1. The molecule has 166 valence electrons. The van der Waals surface area contributed by atoms with E-state index in [0.717, 1.165) is 12.8 Å². The van der Waals surface area contributed by atoms with Gasteiger partial charge in [0.05, 0.1) is 18.0 Å². The van der Waals surface area contributed by atoms with Crippen molar-refractivity contribution >= 4 is 17.0 Å². The maximum atomic E-state index is 13.7. The van der Waals surface area contributed by atoms with Crippen molar-refractivity contribution in [3.05, 3.63) is 48.3 Å². The molecule has 1 saturated heterocycles. The van der Waals surface area contributed by atoms with Crippen LogP contribution < -0.4 is 5.32 Å². The molecule has 4 unspecified atom stereocenters. The molecule has 3 heterocycles. The number of benzene rings is 1. The Bertz CT molecular complexity index is 1170. The van der Waals surface area contributed by atoms with Gasteiger partial charge < -0.3 is 20.3 Å². The Morgan fingerprint density at radius 3 is 2.75 bits per heavy atom. The lowest BCUT2D eigenvalue weighted by Crippen LogP contribution is -2.31. The van der Waals surface area contributed by atoms with Crippen LogP contribution in [0.3, 0.4) is 0 Å². The summed E-state index contributed by atoms with van der Waals surface area (Å²) in [6, 6.07) is 6.59. The van der Waals surface area contributed by atoms with E-state index in [0.29, 0.717) is 23.0 Å². The summed E-state index contributed by atoms with van der Waals surface area (Å²) >= 11 is 0. The highest BCUT2D eigenvalue weighted by atomic mass is 19.1. The first kappa shape index (κ1) is 20.8. The predicted molar refractivity (Wildman–Crippen MR) is 115 cm³/mol. The molecule has 3 aromatic rings. The van der Waals surface area contributed by atoms with Crippen LogP contribution in [-0.4, -0.2) is 54.1 Å². The molecule has 1 saturated carbocycles. The van der Waals surface area contributed by atoms with Crippen molar-refractivity contribution in [2.24, 2.45) is 0 Å². The first-order chi connectivity index (χ1) is 15.6. The zero-order valence-corrected chi connectivity index (χ0v) is 17.4. The van der Waals surface area contributed by atoms with Gasteiger partial charge in [-0.1, -0.05) is 36.8 Å². The van der Waals surface area contributed by atoms with Gasteiger partial charge in [0.1, 0.15) is 24.4 Å². The average molecular weight is 437 g/mol. The average Bonchev–Trinajstić information content (AvgIpc) is 3.52. The summed E-state index contributed by atoms with van der Waals surface area (Å²) in [4.78, 5) is 13.1. The summed E-state index contributed by atoms with van der Waals surface area (Å²) < 4.78 is 21.3. The highest BCUT2D eigenvalue weighted by Gasteiger charge is 2.44. The minimum Gasteiger partial charge on any atom is -0.387 e. The van der Waals surface area contributed by atoms with Crippen molar-refractivity contribution in [2.45, 2.75) is 62.7 Å². The molecule has 2 aromatic heterocycles. The maximum absolute atomic E-state index is 13.7. The van der Waals surface area contributed by atoms with Gasteiger partial charge in [0.2, 0.25) is 0 Å². The first-order valence-corrected chi connectivity index (χ1v) is 10.8. The molecule has 1 aliphatic heterocycles. The van der Waals surface area contributed by atoms with Gasteiger partial charge >= 0.3 is 0 Å². The number of aliphatic hydroxyl groups is 2. The van der Waals surface area contributed by atoms with Gasteiger partial charge in [0, 0.05) is 12.5 Å². The van der Waals surface area contributed by atoms with Crippen LogP contribution in [0.2, 0.25) is 0 Å². The van der Waals surface area contributed by atoms with Crippen molar-refractivity contribution in [1.29, 1.82) is 0 Å². The normalized spacial score (nSPS) is 25.7. The third-order valence-electron chi connectivity index (χ3n) is 6.07. The van der Waals surface area contributed by atoms with Crippen molar-refractivity contribution in [3.8, 4) is 11.8 Å². The Morgan fingerprint density at radius 1 is 1.12 bits per heavy atom. The van der Waals surface area contributed by atoms with E-state index in [2.05, 4.69) is 32.1 Å². The fraction of sp³-hybridized carbons (Fsp3) is 0.435. The van der Waals surface area contributed by atoms with Gasteiger partial charge in [-0.3, -0.25) is 4.57 Å². The van der Waals surface area contributed by atoms with Gasteiger partial charge in [-0.25, -0.2) is 19.3 Å². The lowest BCUT2D eigenvalue weighted by atomic mass is 10.1. The topological polar surface area (TPSA) is 105 Å². The van der Waals surface area contributed by atoms with Gasteiger partial charge in [-0.05, 0) is 25.0 Å². The monoisotopic (exact) mass is 437 g/mol. The number of nitrogens with zero attached hydrogens (tertiary/aromatic N) is 4. The third-order valence-corrected chi connectivity index (χ3v) is 6.07. The molecule has 9 heteroatoms. The number of fused-ring (bicyclic) bond motifs is 1. The van der Waals surface area contributed by atoms with Crippen molar-refractivity contribution < 1.29 is 19.3 Å². The summed E-state index contributed by atoms with van der Waals surface area (Å²) in [6.07, 6.45) is 3.77. The summed E-state index contributed by atoms with van der Waals surface area (Å²) in [5, 5.41) is 24.6. The lowest BCUT2D eigenvalue weighted by molar-refractivity contribution is -0.0332. The lowest BCUT2D eigenvalue weighted by Gasteiger charge is -2.17. The summed E-state index contributed by atoms with van der Waals surface area (Å²) in [5.74, 6) is 5.84. The van der Waals surface area contributed by atoms with Crippen LogP contribution in [0.4, 0.5) is 10.2 Å². The maximum Gasteiger partial charge on any atom is 0.167 e. The molecule has 2 aliphatic rings. The number of rotatable bonds is 4. The number of halogens is 1. The molecule has 1 aromatic carbocycles. The molecule has 4 atom stereocenters. The van der Waals surface area contributed by atoms with E-state index in [1.807, 2.05) is 0 Å². The number of ether oxygens (including phenoxy) is 1. The zero-order chi connectivity index (χ0) is 22.1. The SMILES string of the molecule is OC1C(CC#Cc2ccccc2F)OC(n2cnc3c(NC4CCCC4)ncnc32)C1O. The molecule has 0 bridgehead atoms. The second kappa shape index (κ2) is 8.82.